The molecule has 27 heavy (non-hydrogen) atoms. The molecule has 0 aliphatic carbocycles. The Kier molecular flexibility index (Phi) is 14.7. The van der Waals surface area contributed by atoms with E-state index in [9.17, 15) is 8.42 Å². The molecule has 0 spiro atoms. The second kappa shape index (κ2) is 14.8. The van der Waals surface area contributed by atoms with Gasteiger partial charge in [0.05, 0.1) is 5.75 Å². The predicted octanol–water partition coefficient (Wildman–Crippen LogP) is 2.10. The van der Waals surface area contributed by atoms with Crippen LogP contribution in [0.15, 0.2) is 4.99 Å². The molecule has 1 rings (SSSR count). The van der Waals surface area contributed by atoms with E-state index in [1.54, 1.807) is 0 Å². The second-order valence-electron chi connectivity index (χ2n) is 6.82. The maximum absolute atomic E-state index is 12.2. The number of rotatable bonds is 11. The van der Waals surface area contributed by atoms with Crippen LogP contribution in [0.3, 0.4) is 0 Å². The van der Waals surface area contributed by atoms with Crippen LogP contribution >= 0.6 is 24.0 Å². The third kappa shape index (κ3) is 10.3. The lowest BCUT2D eigenvalue weighted by atomic mass is 10.0. The summed E-state index contributed by atoms with van der Waals surface area (Å²) < 4.78 is 25.9. The normalized spacial score (nSPS) is 19.0. The van der Waals surface area contributed by atoms with Crippen molar-refractivity contribution in [3.63, 3.8) is 0 Å². The lowest BCUT2D eigenvalue weighted by molar-refractivity contribution is 0.160. The summed E-state index contributed by atoms with van der Waals surface area (Å²) in [6, 6.07) is 0.685. The van der Waals surface area contributed by atoms with Crippen molar-refractivity contribution >= 4 is 40.0 Å². The van der Waals surface area contributed by atoms with Crippen LogP contribution in [0.25, 0.3) is 0 Å². The highest BCUT2D eigenvalue weighted by molar-refractivity contribution is 14.0. The zero-order valence-corrected chi connectivity index (χ0v) is 20.7. The average Bonchev–Trinajstić information content (AvgIpc) is 2.60. The van der Waals surface area contributed by atoms with Crippen LogP contribution in [0.1, 0.15) is 53.4 Å². The van der Waals surface area contributed by atoms with Crippen LogP contribution in [0.2, 0.25) is 0 Å². The van der Waals surface area contributed by atoms with Crippen molar-refractivity contribution < 1.29 is 8.42 Å². The minimum absolute atomic E-state index is 0. The number of hydrogen-bond acceptors (Lipinski definition) is 4. The molecule has 7 nitrogen and oxygen atoms in total. The highest BCUT2D eigenvalue weighted by atomic mass is 127. The number of sulfonamides is 1. The van der Waals surface area contributed by atoms with Gasteiger partial charge in [-0.25, -0.2) is 12.7 Å². The molecule has 0 bridgehead atoms. The molecule has 1 heterocycles. The highest BCUT2D eigenvalue weighted by Crippen LogP contribution is 2.16. The van der Waals surface area contributed by atoms with Gasteiger partial charge in [-0.1, -0.05) is 20.3 Å². The molecule has 1 atom stereocenters. The van der Waals surface area contributed by atoms with Crippen molar-refractivity contribution in [2.75, 3.05) is 51.6 Å². The molecule has 162 valence electrons. The van der Waals surface area contributed by atoms with Gasteiger partial charge in [-0.05, 0) is 39.7 Å². The Morgan fingerprint density at radius 3 is 2.48 bits per heavy atom. The van der Waals surface area contributed by atoms with Gasteiger partial charge in [0.15, 0.2) is 5.96 Å². The molecule has 0 aromatic rings. The van der Waals surface area contributed by atoms with E-state index < -0.39 is 10.0 Å². The molecule has 0 amide bonds. The van der Waals surface area contributed by atoms with E-state index >= 15 is 0 Å². The summed E-state index contributed by atoms with van der Waals surface area (Å²) in [7, 11) is -3.20. The van der Waals surface area contributed by atoms with Gasteiger partial charge in [0.25, 0.3) is 0 Å². The number of piperidine rings is 1. The second-order valence-corrected chi connectivity index (χ2v) is 8.91. The Morgan fingerprint density at radius 2 is 1.89 bits per heavy atom. The van der Waals surface area contributed by atoms with Gasteiger partial charge in [-0.15, -0.1) is 24.0 Å². The van der Waals surface area contributed by atoms with Crippen LogP contribution in [0, 0.1) is 0 Å². The SMILES string of the molecule is CCNC(=NCCCN1CCCCC1C)NCCS(=O)(=O)N(CC)CC.I. The summed E-state index contributed by atoms with van der Waals surface area (Å²) in [5, 5.41) is 6.34. The molecule has 1 unspecified atom stereocenters. The fourth-order valence-corrected chi connectivity index (χ4v) is 4.75. The van der Waals surface area contributed by atoms with E-state index in [1.807, 2.05) is 20.8 Å². The quantitative estimate of drug-likeness (QED) is 0.190. The third-order valence-corrected chi connectivity index (χ3v) is 6.93. The molecule has 0 aromatic heterocycles. The van der Waals surface area contributed by atoms with E-state index in [4.69, 9.17) is 0 Å². The maximum atomic E-state index is 12.2. The predicted molar refractivity (Wildman–Crippen MR) is 126 cm³/mol. The van der Waals surface area contributed by atoms with E-state index in [0.717, 1.165) is 26.1 Å². The van der Waals surface area contributed by atoms with Crippen molar-refractivity contribution in [2.45, 2.75) is 59.4 Å². The Morgan fingerprint density at radius 1 is 1.19 bits per heavy atom. The number of nitrogens with zero attached hydrogens (tertiary/aromatic N) is 3. The van der Waals surface area contributed by atoms with E-state index in [0.29, 0.717) is 31.6 Å². The number of likely N-dealkylation sites (tertiary alicyclic amines) is 1. The van der Waals surface area contributed by atoms with Crippen molar-refractivity contribution in [2.24, 2.45) is 4.99 Å². The third-order valence-electron chi connectivity index (χ3n) is 4.91. The van der Waals surface area contributed by atoms with Gasteiger partial charge < -0.3 is 15.5 Å². The van der Waals surface area contributed by atoms with E-state index in [-0.39, 0.29) is 29.7 Å². The first-order valence-corrected chi connectivity index (χ1v) is 11.8. The summed E-state index contributed by atoms with van der Waals surface area (Å²) in [5.41, 5.74) is 0. The van der Waals surface area contributed by atoms with Crippen molar-refractivity contribution in [3.8, 4) is 0 Å². The zero-order valence-electron chi connectivity index (χ0n) is 17.5. The first-order valence-electron chi connectivity index (χ1n) is 10.2. The molecule has 0 radical (unpaired) electrons. The molecule has 0 aromatic carbocycles. The molecule has 9 heteroatoms. The van der Waals surface area contributed by atoms with E-state index in [2.05, 4.69) is 27.4 Å². The summed E-state index contributed by atoms with van der Waals surface area (Å²) >= 11 is 0. The molecular formula is C18H40IN5O2S. The summed E-state index contributed by atoms with van der Waals surface area (Å²) in [6.07, 6.45) is 4.98. The molecule has 0 saturated carbocycles. The first kappa shape index (κ1) is 26.9. The number of nitrogens with one attached hydrogen (secondary N) is 2. The van der Waals surface area contributed by atoms with Gasteiger partial charge in [-0.3, -0.25) is 4.99 Å². The van der Waals surface area contributed by atoms with Gasteiger partial charge in [0, 0.05) is 45.3 Å². The Labute approximate surface area is 183 Å². The smallest absolute Gasteiger partial charge is 0.215 e. The van der Waals surface area contributed by atoms with Gasteiger partial charge in [0.1, 0.15) is 0 Å². The summed E-state index contributed by atoms with van der Waals surface area (Å²) in [6.45, 7) is 13.2. The first-order chi connectivity index (χ1) is 12.4. The standard InChI is InChI=1S/C18H39N5O2S.HI/c1-5-19-18(21-13-16-26(24,25)23(6-2)7-3)20-12-10-15-22-14-9-8-11-17(22)4;/h17H,5-16H2,1-4H3,(H2,19,20,21);1H. The van der Waals surface area contributed by atoms with Crippen molar-refractivity contribution in [1.82, 2.24) is 19.8 Å². The molecule has 1 aliphatic heterocycles. The lowest BCUT2D eigenvalue weighted by Gasteiger charge is -2.33. The van der Waals surface area contributed by atoms with Gasteiger partial charge >= 0.3 is 0 Å². The minimum atomic E-state index is -3.20. The molecule has 1 saturated heterocycles. The minimum Gasteiger partial charge on any atom is -0.357 e. The van der Waals surface area contributed by atoms with E-state index in [1.165, 1.54) is 30.1 Å². The lowest BCUT2D eigenvalue weighted by Crippen LogP contribution is -2.42. The van der Waals surface area contributed by atoms with Crippen molar-refractivity contribution in [3.05, 3.63) is 0 Å². The number of halogens is 1. The Hall–Kier alpha value is -0.130. The van der Waals surface area contributed by atoms with Gasteiger partial charge in [0.2, 0.25) is 10.0 Å². The monoisotopic (exact) mass is 517 g/mol. The number of guanidine groups is 1. The van der Waals surface area contributed by atoms with Crippen LogP contribution in [-0.4, -0.2) is 81.2 Å². The van der Waals surface area contributed by atoms with Crippen LogP contribution in [-0.2, 0) is 10.0 Å². The molecule has 2 N–H and O–H groups in total. The van der Waals surface area contributed by atoms with Crippen LogP contribution < -0.4 is 10.6 Å². The number of hydrogen-bond donors (Lipinski definition) is 2. The van der Waals surface area contributed by atoms with Gasteiger partial charge in [-0.2, -0.15) is 0 Å². The molecular weight excluding hydrogens is 477 g/mol. The fourth-order valence-electron chi connectivity index (χ4n) is 3.34. The summed E-state index contributed by atoms with van der Waals surface area (Å²) in [4.78, 5) is 7.14. The fraction of sp³-hybridized carbons (Fsp3) is 0.944. The van der Waals surface area contributed by atoms with Crippen LogP contribution in [0.4, 0.5) is 0 Å². The zero-order chi connectivity index (χ0) is 19.4. The van der Waals surface area contributed by atoms with Crippen LogP contribution in [0.5, 0.6) is 0 Å². The Balaban J connectivity index is 0.00000676. The number of aliphatic imine (C=N–C) groups is 1. The topological polar surface area (TPSA) is 77.0 Å². The molecule has 1 fully saturated rings. The maximum Gasteiger partial charge on any atom is 0.215 e. The highest BCUT2D eigenvalue weighted by Gasteiger charge is 2.18. The Bertz CT molecular complexity index is 512. The van der Waals surface area contributed by atoms with Crippen molar-refractivity contribution in [1.29, 1.82) is 0 Å². The average molecular weight is 518 g/mol. The molecule has 1 aliphatic rings. The largest absolute Gasteiger partial charge is 0.357 e. The summed E-state index contributed by atoms with van der Waals surface area (Å²) in [5.74, 6) is 0.790.